The summed E-state index contributed by atoms with van der Waals surface area (Å²) in [5, 5.41) is 0. The number of nitrogens with one attached hydrogen (secondary N) is 1. The number of carbonyl (C=O) groups is 2. The summed E-state index contributed by atoms with van der Waals surface area (Å²) in [4.78, 5) is 50.4. The van der Waals surface area contributed by atoms with Gasteiger partial charge < -0.3 is 14.2 Å². The molecule has 0 saturated carbocycles. The summed E-state index contributed by atoms with van der Waals surface area (Å²) < 4.78 is 32.5. The summed E-state index contributed by atoms with van der Waals surface area (Å²) >= 11 is 0. The fraction of sp³-hybridized carbons (Fsp3) is 0.217. The molecule has 10 heteroatoms. The van der Waals surface area contributed by atoms with Crippen LogP contribution < -0.4 is 11.2 Å². The molecule has 1 aliphatic heterocycles. The van der Waals surface area contributed by atoms with Crippen molar-refractivity contribution in [3.8, 4) is 0 Å². The van der Waals surface area contributed by atoms with E-state index in [-0.39, 0.29) is 11.1 Å². The van der Waals surface area contributed by atoms with Crippen LogP contribution in [0.5, 0.6) is 0 Å². The Morgan fingerprint density at radius 3 is 2.15 bits per heavy atom. The number of aromatic nitrogens is 2. The van der Waals surface area contributed by atoms with E-state index in [0.717, 1.165) is 16.8 Å². The van der Waals surface area contributed by atoms with Crippen LogP contribution in [-0.2, 0) is 14.2 Å². The Morgan fingerprint density at radius 2 is 1.55 bits per heavy atom. The largest absolute Gasteiger partial charge is 0.459 e. The molecule has 9 nitrogen and oxygen atoms in total. The minimum Gasteiger partial charge on any atom is -0.459 e. The molecule has 0 amide bonds. The molecule has 0 radical (unpaired) electrons. The third-order valence-corrected chi connectivity index (χ3v) is 5.03. The van der Waals surface area contributed by atoms with E-state index in [1.807, 2.05) is 4.98 Å². The van der Waals surface area contributed by atoms with Crippen molar-refractivity contribution in [2.75, 3.05) is 6.61 Å². The maximum Gasteiger partial charge on any atom is 0.338 e. The summed E-state index contributed by atoms with van der Waals surface area (Å²) in [6.07, 6.45) is -5.10. The molecular weight excluding hydrogens is 435 g/mol. The van der Waals surface area contributed by atoms with Gasteiger partial charge in [-0.05, 0) is 24.3 Å². The molecule has 1 aliphatic rings. The first-order chi connectivity index (χ1) is 15.9. The molecule has 170 valence electrons. The van der Waals surface area contributed by atoms with Crippen LogP contribution in [0.2, 0.25) is 0 Å². The number of hydrogen-bond acceptors (Lipinski definition) is 7. The van der Waals surface area contributed by atoms with E-state index >= 15 is 4.39 Å². The third kappa shape index (κ3) is 4.90. The molecule has 1 unspecified atom stereocenters. The second-order valence-electron chi connectivity index (χ2n) is 7.23. The Hall–Kier alpha value is -4.05. The van der Waals surface area contributed by atoms with Gasteiger partial charge in [-0.25, -0.2) is 18.8 Å². The van der Waals surface area contributed by atoms with Crippen LogP contribution in [0, 0.1) is 0 Å². The van der Waals surface area contributed by atoms with Crippen molar-refractivity contribution in [3.05, 3.63) is 105 Å². The van der Waals surface area contributed by atoms with Gasteiger partial charge in [0, 0.05) is 12.3 Å². The smallest absolute Gasteiger partial charge is 0.338 e. The maximum absolute atomic E-state index is 15.4. The van der Waals surface area contributed by atoms with Crippen LogP contribution in [0.15, 0.2) is 82.5 Å². The molecule has 2 heterocycles. The highest BCUT2D eigenvalue weighted by molar-refractivity contribution is 5.90. The van der Waals surface area contributed by atoms with Crippen molar-refractivity contribution < 1.29 is 28.2 Å². The number of rotatable bonds is 6. The lowest BCUT2D eigenvalue weighted by atomic mass is 10.1. The zero-order valence-electron chi connectivity index (χ0n) is 17.1. The van der Waals surface area contributed by atoms with Gasteiger partial charge in [0.25, 0.3) is 5.56 Å². The van der Waals surface area contributed by atoms with Gasteiger partial charge in [-0.2, -0.15) is 0 Å². The van der Waals surface area contributed by atoms with Gasteiger partial charge in [0.05, 0.1) is 11.1 Å². The number of alkyl halides is 1. The van der Waals surface area contributed by atoms with Crippen molar-refractivity contribution >= 4 is 11.9 Å². The van der Waals surface area contributed by atoms with Gasteiger partial charge in [-0.3, -0.25) is 14.3 Å². The predicted octanol–water partition coefficient (Wildman–Crippen LogP) is 1.85. The molecule has 1 N–H and O–H groups in total. The van der Waals surface area contributed by atoms with E-state index < -0.39 is 54.4 Å². The topological polar surface area (TPSA) is 117 Å². The molecule has 4 atom stereocenters. The molecule has 2 aromatic carbocycles. The van der Waals surface area contributed by atoms with Crippen LogP contribution in [0.25, 0.3) is 0 Å². The molecule has 0 bridgehead atoms. The lowest BCUT2D eigenvalue weighted by Crippen LogP contribution is -2.38. The van der Waals surface area contributed by atoms with E-state index in [4.69, 9.17) is 14.2 Å². The van der Waals surface area contributed by atoms with Gasteiger partial charge >= 0.3 is 17.6 Å². The molecule has 0 aliphatic carbocycles. The van der Waals surface area contributed by atoms with Crippen molar-refractivity contribution in [2.24, 2.45) is 0 Å². The highest BCUT2D eigenvalue weighted by Crippen LogP contribution is 2.33. The standard InChI is InChI=1S/C23H19FN2O7/c24-18-19(33-22(29)15-9-5-2-6-10-15)16(13-31-21(28)14-7-3-1-4-8-14)32-20(18)26-12-11-17(27)25-23(26)30/h1-12,16,18-20H,13H2,(H,25,27,30)/t16-,18-,19?,20-/m1/s1. The average molecular weight is 454 g/mol. The predicted molar refractivity (Wildman–Crippen MR) is 112 cm³/mol. The summed E-state index contributed by atoms with van der Waals surface area (Å²) in [6, 6.07) is 17.1. The normalized spacial score (nSPS) is 22.0. The molecule has 3 aromatic rings. The lowest BCUT2D eigenvalue weighted by Gasteiger charge is -2.19. The second-order valence-corrected chi connectivity index (χ2v) is 7.23. The van der Waals surface area contributed by atoms with Gasteiger partial charge in [-0.15, -0.1) is 0 Å². The van der Waals surface area contributed by atoms with Crippen LogP contribution in [0.3, 0.4) is 0 Å². The van der Waals surface area contributed by atoms with E-state index in [2.05, 4.69) is 0 Å². The monoisotopic (exact) mass is 454 g/mol. The minimum absolute atomic E-state index is 0.189. The van der Waals surface area contributed by atoms with Crippen molar-refractivity contribution in [1.29, 1.82) is 0 Å². The zero-order chi connectivity index (χ0) is 23.4. The van der Waals surface area contributed by atoms with E-state index in [1.165, 1.54) is 12.1 Å². The van der Waals surface area contributed by atoms with Crippen molar-refractivity contribution in [3.63, 3.8) is 0 Å². The van der Waals surface area contributed by atoms with Crippen LogP contribution in [0.1, 0.15) is 26.9 Å². The summed E-state index contributed by atoms with van der Waals surface area (Å²) in [5.74, 6) is -1.48. The van der Waals surface area contributed by atoms with E-state index in [9.17, 15) is 19.2 Å². The average Bonchev–Trinajstić information content (AvgIpc) is 3.13. The number of benzene rings is 2. The molecule has 33 heavy (non-hydrogen) atoms. The second kappa shape index (κ2) is 9.61. The molecule has 1 saturated heterocycles. The van der Waals surface area contributed by atoms with E-state index in [0.29, 0.717) is 0 Å². The first kappa shape index (κ1) is 22.2. The summed E-state index contributed by atoms with van der Waals surface area (Å²) in [7, 11) is 0. The van der Waals surface area contributed by atoms with Crippen LogP contribution in [-0.4, -0.2) is 46.5 Å². The summed E-state index contributed by atoms with van der Waals surface area (Å²) in [5.41, 5.74) is -1.09. The molecule has 4 rings (SSSR count). The highest BCUT2D eigenvalue weighted by atomic mass is 19.1. The summed E-state index contributed by atoms with van der Waals surface area (Å²) in [6.45, 7) is -0.435. The number of carbonyl (C=O) groups excluding carboxylic acids is 2. The fourth-order valence-corrected chi connectivity index (χ4v) is 3.40. The quantitative estimate of drug-likeness (QED) is 0.565. The number of hydrogen-bond donors (Lipinski definition) is 1. The number of nitrogens with zero attached hydrogens (tertiary/aromatic N) is 1. The Kier molecular flexibility index (Phi) is 6.45. The van der Waals surface area contributed by atoms with Gasteiger partial charge in [0.15, 0.2) is 18.5 Å². The molecule has 1 aromatic heterocycles. The Labute approximate surface area is 186 Å². The van der Waals surface area contributed by atoms with Crippen molar-refractivity contribution in [2.45, 2.75) is 24.6 Å². The number of halogens is 1. The van der Waals surface area contributed by atoms with Gasteiger partial charge in [0.1, 0.15) is 12.7 Å². The Bertz CT molecular complexity index is 1240. The SMILES string of the molecule is O=C(OC[C@H]1O[C@@H](n2ccc(=O)[nH]c2=O)[C@H](F)C1OC(=O)c1ccccc1)c1ccccc1. The number of ether oxygens (including phenoxy) is 3. The fourth-order valence-electron chi connectivity index (χ4n) is 3.40. The lowest BCUT2D eigenvalue weighted by molar-refractivity contribution is -0.0592. The Morgan fingerprint density at radius 1 is 0.939 bits per heavy atom. The number of H-pyrrole nitrogens is 1. The third-order valence-electron chi connectivity index (χ3n) is 5.03. The molecular formula is C23H19FN2O7. The van der Waals surface area contributed by atoms with Gasteiger partial charge in [-0.1, -0.05) is 36.4 Å². The number of esters is 2. The first-order valence-electron chi connectivity index (χ1n) is 10.0. The molecule has 0 spiro atoms. The first-order valence-corrected chi connectivity index (χ1v) is 10.0. The van der Waals surface area contributed by atoms with Crippen LogP contribution >= 0.6 is 0 Å². The maximum atomic E-state index is 15.4. The Balaban J connectivity index is 1.56. The highest BCUT2D eigenvalue weighted by Gasteiger charge is 2.49. The van der Waals surface area contributed by atoms with Crippen molar-refractivity contribution in [1.82, 2.24) is 9.55 Å². The van der Waals surface area contributed by atoms with Gasteiger partial charge in [0.2, 0.25) is 0 Å². The van der Waals surface area contributed by atoms with E-state index in [1.54, 1.807) is 48.5 Å². The minimum atomic E-state index is -1.98. The van der Waals surface area contributed by atoms with Crippen LogP contribution in [0.4, 0.5) is 4.39 Å². The molecule has 1 fully saturated rings. The number of aromatic amines is 1. The zero-order valence-corrected chi connectivity index (χ0v) is 17.1.